The fraction of sp³-hybridized carbons (Fsp3) is 0.333. The summed E-state index contributed by atoms with van der Waals surface area (Å²) in [6, 6.07) is 8.63. The average molecular weight is 215 g/mol. The third-order valence-electron chi connectivity index (χ3n) is 2.52. The van der Waals surface area contributed by atoms with E-state index in [1.165, 1.54) is 12.8 Å². The number of nitrogens with zero attached hydrogens (tertiary/aromatic N) is 1. The summed E-state index contributed by atoms with van der Waals surface area (Å²) in [4.78, 5) is 11.4. The predicted octanol–water partition coefficient (Wildman–Crippen LogP) is 2.09. The Bertz CT molecular complexity index is 415. The van der Waals surface area contributed by atoms with Gasteiger partial charge in [-0.1, -0.05) is 0 Å². The minimum absolute atomic E-state index is 0.184. The van der Waals surface area contributed by atoms with Gasteiger partial charge in [-0.05, 0) is 43.0 Å². The van der Waals surface area contributed by atoms with E-state index < -0.39 is 0 Å². The first-order valence-electron chi connectivity index (χ1n) is 5.33. The Morgan fingerprint density at radius 1 is 1.38 bits per heavy atom. The number of benzene rings is 1. The molecule has 16 heavy (non-hydrogen) atoms. The van der Waals surface area contributed by atoms with Crippen LogP contribution in [-0.2, 0) is 0 Å². The van der Waals surface area contributed by atoms with Crippen LogP contribution in [-0.4, -0.2) is 12.6 Å². The van der Waals surface area contributed by atoms with E-state index in [1.807, 2.05) is 6.07 Å². The van der Waals surface area contributed by atoms with Gasteiger partial charge >= 0.3 is 6.03 Å². The van der Waals surface area contributed by atoms with Crippen LogP contribution in [0.3, 0.4) is 0 Å². The molecule has 0 spiro atoms. The van der Waals surface area contributed by atoms with Gasteiger partial charge in [0.25, 0.3) is 0 Å². The molecule has 0 bridgehead atoms. The second-order valence-corrected chi connectivity index (χ2v) is 3.97. The first kappa shape index (κ1) is 10.5. The van der Waals surface area contributed by atoms with E-state index in [4.69, 9.17) is 5.26 Å². The van der Waals surface area contributed by atoms with E-state index in [0.29, 0.717) is 17.2 Å². The van der Waals surface area contributed by atoms with Gasteiger partial charge in [-0.2, -0.15) is 5.26 Å². The highest BCUT2D eigenvalue weighted by molar-refractivity contribution is 5.89. The van der Waals surface area contributed by atoms with Crippen LogP contribution < -0.4 is 10.6 Å². The summed E-state index contributed by atoms with van der Waals surface area (Å²) in [5.41, 5.74) is 1.29. The van der Waals surface area contributed by atoms with Crippen molar-refractivity contribution in [2.75, 3.05) is 11.9 Å². The molecule has 1 aromatic carbocycles. The molecule has 0 unspecified atom stereocenters. The Morgan fingerprint density at radius 2 is 2.06 bits per heavy atom. The van der Waals surface area contributed by atoms with Gasteiger partial charge in [-0.3, -0.25) is 0 Å². The smallest absolute Gasteiger partial charge is 0.319 e. The highest BCUT2D eigenvalue weighted by Gasteiger charge is 2.21. The lowest BCUT2D eigenvalue weighted by Gasteiger charge is -2.06. The van der Waals surface area contributed by atoms with E-state index in [1.54, 1.807) is 24.3 Å². The van der Waals surface area contributed by atoms with Gasteiger partial charge in [0, 0.05) is 12.2 Å². The van der Waals surface area contributed by atoms with E-state index in [2.05, 4.69) is 10.6 Å². The third-order valence-corrected chi connectivity index (χ3v) is 2.52. The van der Waals surface area contributed by atoms with Crippen LogP contribution in [0.5, 0.6) is 0 Å². The molecule has 0 aliphatic heterocycles. The van der Waals surface area contributed by atoms with Gasteiger partial charge in [0.1, 0.15) is 0 Å². The van der Waals surface area contributed by atoms with Gasteiger partial charge < -0.3 is 10.6 Å². The molecule has 0 aromatic heterocycles. The van der Waals surface area contributed by atoms with Crippen molar-refractivity contribution in [1.29, 1.82) is 5.26 Å². The number of nitriles is 1. The Morgan fingerprint density at radius 3 is 2.62 bits per heavy atom. The fourth-order valence-electron chi connectivity index (χ4n) is 1.36. The number of rotatable bonds is 3. The zero-order valence-corrected chi connectivity index (χ0v) is 8.86. The Balaban J connectivity index is 1.82. The highest BCUT2D eigenvalue weighted by atomic mass is 16.2. The molecule has 4 nitrogen and oxygen atoms in total. The first-order chi connectivity index (χ1) is 7.78. The minimum atomic E-state index is -0.184. The summed E-state index contributed by atoms with van der Waals surface area (Å²) in [5, 5.41) is 14.1. The van der Waals surface area contributed by atoms with E-state index in [-0.39, 0.29) is 6.03 Å². The van der Waals surface area contributed by atoms with Crippen LogP contribution in [0.15, 0.2) is 24.3 Å². The van der Waals surface area contributed by atoms with Crippen LogP contribution in [0, 0.1) is 17.2 Å². The Kier molecular flexibility index (Phi) is 3.06. The third kappa shape index (κ3) is 2.99. The highest BCUT2D eigenvalue weighted by Crippen LogP contribution is 2.27. The lowest BCUT2D eigenvalue weighted by molar-refractivity contribution is 0.251. The van der Waals surface area contributed by atoms with Crippen LogP contribution in [0.4, 0.5) is 10.5 Å². The zero-order chi connectivity index (χ0) is 11.4. The standard InChI is InChI=1S/C12H13N3O/c13-7-9-3-5-11(6-4-9)15-12(16)14-8-10-1-2-10/h3-6,10H,1-2,8H2,(H2,14,15,16). The summed E-state index contributed by atoms with van der Waals surface area (Å²) in [5.74, 6) is 0.673. The average Bonchev–Trinajstić information content (AvgIpc) is 3.11. The second-order valence-electron chi connectivity index (χ2n) is 3.97. The van der Waals surface area contributed by atoms with Gasteiger partial charge in [-0.15, -0.1) is 0 Å². The van der Waals surface area contributed by atoms with Crippen molar-refractivity contribution in [3.63, 3.8) is 0 Å². The molecule has 0 saturated heterocycles. The molecule has 0 heterocycles. The van der Waals surface area contributed by atoms with Crippen molar-refractivity contribution < 1.29 is 4.79 Å². The maximum absolute atomic E-state index is 11.4. The number of urea groups is 1. The molecule has 0 atom stereocenters. The van der Waals surface area contributed by atoms with E-state index in [0.717, 1.165) is 6.54 Å². The van der Waals surface area contributed by atoms with Gasteiger partial charge in [0.15, 0.2) is 0 Å². The second kappa shape index (κ2) is 4.67. The fourth-order valence-corrected chi connectivity index (χ4v) is 1.36. The van der Waals surface area contributed by atoms with Gasteiger partial charge in [0.2, 0.25) is 0 Å². The molecule has 1 fully saturated rings. The molecule has 1 aliphatic carbocycles. The van der Waals surface area contributed by atoms with Crippen molar-refractivity contribution in [2.24, 2.45) is 5.92 Å². The summed E-state index contributed by atoms with van der Waals surface area (Å²) in [7, 11) is 0. The maximum atomic E-state index is 11.4. The molecule has 82 valence electrons. The number of carbonyl (C=O) groups excluding carboxylic acids is 1. The van der Waals surface area contributed by atoms with Gasteiger partial charge in [0.05, 0.1) is 11.6 Å². The van der Waals surface area contributed by atoms with Crippen LogP contribution in [0.1, 0.15) is 18.4 Å². The van der Waals surface area contributed by atoms with Gasteiger partial charge in [-0.25, -0.2) is 4.79 Å². The topological polar surface area (TPSA) is 64.9 Å². The number of hydrogen-bond acceptors (Lipinski definition) is 2. The quantitative estimate of drug-likeness (QED) is 0.810. The van der Waals surface area contributed by atoms with Crippen LogP contribution in [0.2, 0.25) is 0 Å². The minimum Gasteiger partial charge on any atom is -0.338 e. The van der Waals surface area contributed by atoms with Crippen molar-refractivity contribution in [2.45, 2.75) is 12.8 Å². The van der Waals surface area contributed by atoms with Crippen molar-refractivity contribution in [3.05, 3.63) is 29.8 Å². The molecule has 4 heteroatoms. The van der Waals surface area contributed by atoms with Crippen molar-refractivity contribution in [1.82, 2.24) is 5.32 Å². The van der Waals surface area contributed by atoms with E-state index >= 15 is 0 Å². The monoisotopic (exact) mass is 215 g/mol. The molecule has 2 amide bonds. The van der Waals surface area contributed by atoms with Crippen molar-refractivity contribution in [3.8, 4) is 6.07 Å². The molecular formula is C12H13N3O. The lowest BCUT2D eigenvalue weighted by Crippen LogP contribution is -2.30. The number of hydrogen-bond donors (Lipinski definition) is 2. The molecular weight excluding hydrogens is 202 g/mol. The van der Waals surface area contributed by atoms with E-state index in [9.17, 15) is 4.79 Å². The molecule has 2 rings (SSSR count). The number of anilines is 1. The summed E-state index contributed by atoms with van der Waals surface area (Å²) in [6.07, 6.45) is 2.44. The molecule has 1 aliphatic rings. The predicted molar refractivity (Wildman–Crippen MR) is 60.9 cm³/mol. The first-order valence-corrected chi connectivity index (χ1v) is 5.33. The van der Waals surface area contributed by atoms with Crippen LogP contribution in [0.25, 0.3) is 0 Å². The summed E-state index contributed by atoms with van der Waals surface area (Å²) < 4.78 is 0. The van der Waals surface area contributed by atoms with Crippen molar-refractivity contribution >= 4 is 11.7 Å². The summed E-state index contributed by atoms with van der Waals surface area (Å²) >= 11 is 0. The zero-order valence-electron chi connectivity index (χ0n) is 8.86. The largest absolute Gasteiger partial charge is 0.338 e. The lowest BCUT2D eigenvalue weighted by atomic mass is 10.2. The molecule has 1 aromatic rings. The maximum Gasteiger partial charge on any atom is 0.319 e. The number of nitrogens with one attached hydrogen (secondary N) is 2. The molecule has 0 radical (unpaired) electrons. The number of amides is 2. The molecule has 1 saturated carbocycles. The molecule has 2 N–H and O–H groups in total. The Hall–Kier alpha value is -2.02. The van der Waals surface area contributed by atoms with Crippen LogP contribution >= 0.6 is 0 Å². The SMILES string of the molecule is N#Cc1ccc(NC(=O)NCC2CC2)cc1. The normalized spacial score (nSPS) is 13.9. The Labute approximate surface area is 94.3 Å². The summed E-state index contributed by atoms with van der Waals surface area (Å²) in [6.45, 7) is 0.752. The number of carbonyl (C=O) groups is 1.